The van der Waals surface area contributed by atoms with E-state index in [1.54, 1.807) is 12.1 Å². The minimum absolute atomic E-state index is 0.141. The van der Waals surface area contributed by atoms with E-state index >= 15 is 0 Å². The summed E-state index contributed by atoms with van der Waals surface area (Å²) in [5.74, 6) is -0.124. The third-order valence-electron chi connectivity index (χ3n) is 4.24. The molecule has 5 heteroatoms. The largest absolute Gasteiger partial charge is 0.341 e. The molecule has 0 bridgehead atoms. The molecule has 1 amide bonds. The third-order valence-corrected chi connectivity index (χ3v) is 4.24. The fourth-order valence-electron chi connectivity index (χ4n) is 3.14. The van der Waals surface area contributed by atoms with Crippen LogP contribution in [0.4, 0.5) is 4.39 Å². The zero-order valence-corrected chi connectivity index (χ0v) is 14.2. The molecular formula is C18H28FN3O. The lowest BCUT2D eigenvalue weighted by molar-refractivity contribution is -0.137. The van der Waals surface area contributed by atoms with Crippen molar-refractivity contribution in [3.63, 3.8) is 0 Å². The topological polar surface area (TPSA) is 35.6 Å². The van der Waals surface area contributed by atoms with Crippen molar-refractivity contribution in [3.8, 4) is 0 Å². The Morgan fingerprint density at radius 3 is 2.26 bits per heavy atom. The van der Waals surface area contributed by atoms with E-state index in [0.717, 1.165) is 57.7 Å². The summed E-state index contributed by atoms with van der Waals surface area (Å²) in [5, 5.41) is 3.32. The molecule has 23 heavy (non-hydrogen) atoms. The van der Waals surface area contributed by atoms with Crippen LogP contribution in [0.2, 0.25) is 0 Å². The van der Waals surface area contributed by atoms with Crippen LogP contribution in [0.5, 0.6) is 0 Å². The number of hydrogen-bond acceptors (Lipinski definition) is 3. The quantitative estimate of drug-likeness (QED) is 0.838. The predicted molar refractivity (Wildman–Crippen MR) is 90.7 cm³/mol. The maximum Gasteiger partial charge on any atom is 0.244 e. The Morgan fingerprint density at radius 1 is 1.17 bits per heavy atom. The Hall–Kier alpha value is -1.46. The molecular weight excluding hydrogens is 293 g/mol. The van der Waals surface area contributed by atoms with Crippen LogP contribution in [0.25, 0.3) is 0 Å². The summed E-state index contributed by atoms with van der Waals surface area (Å²) >= 11 is 0. The summed E-state index contributed by atoms with van der Waals surface area (Å²) in [6, 6.07) is 6.08. The molecule has 1 aliphatic heterocycles. The van der Waals surface area contributed by atoms with Crippen LogP contribution in [-0.2, 0) is 4.79 Å². The van der Waals surface area contributed by atoms with E-state index in [1.807, 2.05) is 4.90 Å². The Bertz CT molecular complexity index is 480. The predicted octanol–water partition coefficient (Wildman–Crippen LogP) is 2.42. The summed E-state index contributed by atoms with van der Waals surface area (Å²) < 4.78 is 13.3. The Balaban J connectivity index is 2.27. The van der Waals surface area contributed by atoms with Crippen molar-refractivity contribution in [3.05, 3.63) is 35.6 Å². The van der Waals surface area contributed by atoms with Gasteiger partial charge in [0.05, 0.1) is 0 Å². The standard InChI is InChI=1S/C18H28FN3O/c1-3-11-22(12-4-2)18(23)17(21-13-9-20-10-14-21)15-5-7-16(19)8-6-15/h5-8,17,20H,3-4,9-14H2,1-2H3. The molecule has 0 saturated carbocycles. The van der Waals surface area contributed by atoms with Gasteiger partial charge in [-0.3, -0.25) is 9.69 Å². The van der Waals surface area contributed by atoms with E-state index in [4.69, 9.17) is 0 Å². The van der Waals surface area contributed by atoms with Gasteiger partial charge in [-0.25, -0.2) is 4.39 Å². The summed E-state index contributed by atoms with van der Waals surface area (Å²) in [7, 11) is 0. The average molecular weight is 321 g/mol. The number of piperazine rings is 1. The molecule has 1 N–H and O–H groups in total. The van der Waals surface area contributed by atoms with E-state index in [1.165, 1.54) is 12.1 Å². The molecule has 0 aliphatic carbocycles. The van der Waals surface area contributed by atoms with Gasteiger partial charge in [0, 0.05) is 39.3 Å². The van der Waals surface area contributed by atoms with Crippen LogP contribution in [0.1, 0.15) is 38.3 Å². The van der Waals surface area contributed by atoms with Crippen LogP contribution in [0.15, 0.2) is 24.3 Å². The second kappa shape index (κ2) is 8.99. The normalized spacial score (nSPS) is 17.0. The number of benzene rings is 1. The first-order chi connectivity index (χ1) is 11.2. The minimum Gasteiger partial charge on any atom is -0.341 e. The Labute approximate surface area is 138 Å². The molecule has 0 aromatic heterocycles. The number of amides is 1. The van der Waals surface area contributed by atoms with Crippen molar-refractivity contribution in [2.45, 2.75) is 32.7 Å². The molecule has 1 saturated heterocycles. The third kappa shape index (κ3) is 4.75. The number of nitrogens with one attached hydrogen (secondary N) is 1. The first-order valence-corrected chi connectivity index (χ1v) is 8.66. The van der Waals surface area contributed by atoms with E-state index in [9.17, 15) is 9.18 Å². The number of nitrogens with zero attached hydrogens (tertiary/aromatic N) is 2. The highest BCUT2D eigenvalue weighted by Gasteiger charge is 2.31. The van der Waals surface area contributed by atoms with Crippen molar-refractivity contribution in [1.82, 2.24) is 15.1 Å². The van der Waals surface area contributed by atoms with Crippen molar-refractivity contribution in [1.29, 1.82) is 0 Å². The molecule has 128 valence electrons. The summed E-state index contributed by atoms with van der Waals surface area (Å²) in [6.07, 6.45) is 1.90. The lowest BCUT2D eigenvalue weighted by Gasteiger charge is -2.37. The van der Waals surface area contributed by atoms with Crippen molar-refractivity contribution in [2.75, 3.05) is 39.3 Å². The Kier molecular flexibility index (Phi) is 6.99. The Morgan fingerprint density at radius 2 is 1.74 bits per heavy atom. The number of rotatable bonds is 7. The molecule has 1 atom stereocenters. The van der Waals surface area contributed by atoms with Gasteiger partial charge in [-0.05, 0) is 30.5 Å². The maximum absolute atomic E-state index is 13.3. The second-order valence-corrected chi connectivity index (χ2v) is 6.07. The van der Waals surface area contributed by atoms with Gasteiger partial charge >= 0.3 is 0 Å². The molecule has 2 rings (SSSR count). The van der Waals surface area contributed by atoms with E-state index in [-0.39, 0.29) is 17.8 Å². The number of carbonyl (C=O) groups is 1. The molecule has 1 heterocycles. The van der Waals surface area contributed by atoms with Gasteiger partial charge in [-0.2, -0.15) is 0 Å². The SMILES string of the molecule is CCCN(CCC)C(=O)C(c1ccc(F)cc1)N1CCNCC1. The molecule has 0 radical (unpaired) electrons. The van der Waals surface area contributed by atoms with Gasteiger partial charge in [0.15, 0.2) is 0 Å². The first kappa shape index (κ1) is 17.9. The fourth-order valence-corrected chi connectivity index (χ4v) is 3.14. The monoisotopic (exact) mass is 321 g/mol. The number of carbonyl (C=O) groups excluding carboxylic acids is 1. The maximum atomic E-state index is 13.3. The molecule has 1 aromatic carbocycles. The summed E-state index contributed by atoms with van der Waals surface area (Å²) in [5.41, 5.74) is 0.885. The van der Waals surface area contributed by atoms with E-state index in [0.29, 0.717) is 0 Å². The summed E-state index contributed by atoms with van der Waals surface area (Å²) in [6.45, 7) is 9.16. The highest BCUT2D eigenvalue weighted by atomic mass is 19.1. The molecule has 1 aliphatic rings. The van der Waals surface area contributed by atoms with Crippen LogP contribution in [0.3, 0.4) is 0 Å². The first-order valence-electron chi connectivity index (χ1n) is 8.66. The highest BCUT2D eigenvalue weighted by Crippen LogP contribution is 2.24. The number of hydrogen-bond donors (Lipinski definition) is 1. The van der Waals surface area contributed by atoms with Crippen molar-refractivity contribution in [2.24, 2.45) is 0 Å². The molecule has 1 unspecified atom stereocenters. The van der Waals surface area contributed by atoms with Gasteiger partial charge in [0.2, 0.25) is 5.91 Å². The van der Waals surface area contributed by atoms with Crippen LogP contribution in [-0.4, -0.2) is 55.0 Å². The van der Waals surface area contributed by atoms with Crippen molar-refractivity contribution >= 4 is 5.91 Å². The van der Waals surface area contributed by atoms with Crippen LogP contribution in [0, 0.1) is 5.82 Å². The van der Waals surface area contributed by atoms with Gasteiger partial charge in [0.25, 0.3) is 0 Å². The lowest BCUT2D eigenvalue weighted by atomic mass is 10.0. The van der Waals surface area contributed by atoms with Gasteiger partial charge < -0.3 is 10.2 Å². The molecule has 1 aromatic rings. The molecule has 4 nitrogen and oxygen atoms in total. The minimum atomic E-state index is -0.309. The highest BCUT2D eigenvalue weighted by molar-refractivity contribution is 5.83. The zero-order chi connectivity index (χ0) is 16.7. The fraction of sp³-hybridized carbons (Fsp3) is 0.611. The molecule has 0 spiro atoms. The van der Waals surface area contributed by atoms with Gasteiger partial charge in [0.1, 0.15) is 11.9 Å². The summed E-state index contributed by atoms with van der Waals surface area (Å²) in [4.78, 5) is 17.3. The van der Waals surface area contributed by atoms with Gasteiger partial charge in [-0.1, -0.05) is 26.0 Å². The van der Waals surface area contributed by atoms with Crippen LogP contribution < -0.4 is 5.32 Å². The van der Waals surface area contributed by atoms with Crippen molar-refractivity contribution < 1.29 is 9.18 Å². The average Bonchev–Trinajstić information content (AvgIpc) is 2.57. The number of halogens is 1. The van der Waals surface area contributed by atoms with Gasteiger partial charge in [-0.15, -0.1) is 0 Å². The zero-order valence-electron chi connectivity index (χ0n) is 14.2. The van der Waals surface area contributed by atoms with Crippen LogP contribution >= 0.6 is 0 Å². The van der Waals surface area contributed by atoms with E-state index < -0.39 is 0 Å². The lowest BCUT2D eigenvalue weighted by Crippen LogP contribution is -2.50. The molecule has 1 fully saturated rings. The van der Waals surface area contributed by atoms with E-state index in [2.05, 4.69) is 24.1 Å². The smallest absolute Gasteiger partial charge is 0.244 e. The second-order valence-electron chi connectivity index (χ2n) is 6.07.